The molecule has 19 heavy (non-hydrogen) atoms. The average molecular weight is 267 g/mol. The Kier molecular flexibility index (Phi) is 2.94. The smallest absolute Gasteiger partial charge is 0.329 e. The van der Waals surface area contributed by atoms with Crippen molar-refractivity contribution in [3.05, 3.63) is 11.8 Å². The molecule has 0 spiro atoms. The van der Waals surface area contributed by atoms with Crippen molar-refractivity contribution in [2.45, 2.75) is 44.1 Å². The fraction of sp³-hybridized carbons (Fsp3) is 0.667. The summed E-state index contributed by atoms with van der Waals surface area (Å²) in [6, 6.07) is 1.19. The van der Waals surface area contributed by atoms with Crippen LogP contribution in [0.1, 0.15) is 37.4 Å². The Morgan fingerprint density at radius 3 is 2.58 bits per heavy atom. The zero-order valence-corrected chi connectivity index (χ0v) is 10.7. The Labute approximate surface area is 110 Å². The molecule has 1 aromatic heterocycles. The van der Waals surface area contributed by atoms with Crippen molar-refractivity contribution >= 4 is 11.8 Å². The van der Waals surface area contributed by atoms with Crippen molar-refractivity contribution in [1.82, 2.24) is 10.1 Å². The first kappa shape index (κ1) is 12.4. The summed E-state index contributed by atoms with van der Waals surface area (Å²) in [5.74, 6) is 1.35. The molecule has 2 aliphatic rings. The summed E-state index contributed by atoms with van der Waals surface area (Å²) in [6.45, 7) is 0. The fourth-order valence-electron chi connectivity index (χ4n) is 2.76. The van der Waals surface area contributed by atoms with E-state index in [4.69, 9.17) is 4.52 Å². The van der Waals surface area contributed by atoms with Crippen LogP contribution in [0.5, 0.6) is 0 Å². The fourth-order valence-corrected chi connectivity index (χ4v) is 2.76. The minimum atomic E-state index is -1.32. The lowest BCUT2D eigenvalue weighted by molar-refractivity contribution is -0.0184. The molecule has 1 saturated carbocycles. The molecule has 2 amide bonds. The lowest BCUT2D eigenvalue weighted by Crippen LogP contribution is -2.36. The van der Waals surface area contributed by atoms with Gasteiger partial charge in [-0.25, -0.2) is 9.69 Å². The maximum atomic E-state index is 11.9. The Balaban J connectivity index is 1.84. The van der Waals surface area contributed by atoms with Gasteiger partial charge in [-0.1, -0.05) is 18.0 Å². The third-order valence-corrected chi connectivity index (χ3v) is 3.96. The van der Waals surface area contributed by atoms with E-state index in [9.17, 15) is 15.0 Å². The van der Waals surface area contributed by atoms with E-state index < -0.39 is 18.5 Å². The Morgan fingerprint density at radius 2 is 2.00 bits per heavy atom. The largest absolute Gasteiger partial charge is 0.369 e. The van der Waals surface area contributed by atoms with Crippen LogP contribution >= 0.6 is 0 Å². The van der Waals surface area contributed by atoms with Gasteiger partial charge in [-0.3, -0.25) is 4.90 Å². The monoisotopic (exact) mass is 267 g/mol. The van der Waals surface area contributed by atoms with Gasteiger partial charge in [0.25, 0.3) is 0 Å². The van der Waals surface area contributed by atoms with Crippen molar-refractivity contribution in [3.8, 4) is 0 Å². The first-order valence-electron chi connectivity index (χ1n) is 6.48. The highest BCUT2D eigenvalue weighted by Gasteiger charge is 2.44. The van der Waals surface area contributed by atoms with Crippen LogP contribution in [0.4, 0.5) is 10.6 Å². The molecule has 0 radical (unpaired) electrons. The molecule has 104 valence electrons. The minimum absolute atomic E-state index is 0.253. The van der Waals surface area contributed by atoms with Crippen molar-refractivity contribution in [1.29, 1.82) is 0 Å². The van der Waals surface area contributed by atoms with Crippen LogP contribution in [-0.2, 0) is 0 Å². The number of hydrogen-bond donors (Lipinski definition) is 2. The average Bonchev–Trinajstić information content (AvgIpc) is 3.09. The standard InChI is InChI=1S/C12H17N3O4/c1-14-10(16)11(17)15(12(14)18)9-6-8(19-13-9)7-4-2-3-5-7/h6-7,10-11,16-17H,2-5H2,1H3. The molecule has 7 heteroatoms. The number of rotatable bonds is 2. The normalized spacial score (nSPS) is 28.7. The summed E-state index contributed by atoms with van der Waals surface area (Å²) in [4.78, 5) is 14.0. The number of amides is 2. The van der Waals surface area contributed by atoms with Gasteiger partial charge in [-0.05, 0) is 12.8 Å². The Morgan fingerprint density at radius 1 is 1.32 bits per heavy atom. The predicted octanol–water partition coefficient (Wildman–Crippen LogP) is 0.841. The van der Waals surface area contributed by atoms with Crippen LogP contribution in [0.15, 0.2) is 10.6 Å². The number of anilines is 1. The second-order valence-corrected chi connectivity index (χ2v) is 5.16. The molecule has 0 aromatic carbocycles. The molecule has 7 nitrogen and oxygen atoms in total. The van der Waals surface area contributed by atoms with E-state index in [-0.39, 0.29) is 5.82 Å². The number of likely N-dealkylation sites (N-methyl/N-ethyl adjacent to an activating group) is 1. The summed E-state index contributed by atoms with van der Waals surface area (Å²) in [5.41, 5.74) is 0. The molecule has 2 unspecified atom stereocenters. The summed E-state index contributed by atoms with van der Waals surface area (Å²) in [7, 11) is 1.42. The molecular formula is C12H17N3O4. The number of aromatic nitrogens is 1. The Bertz CT molecular complexity index is 483. The maximum Gasteiger partial charge on any atom is 0.329 e. The van der Waals surface area contributed by atoms with E-state index in [0.717, 1.165) is 28.4 Å². The van der Waals surface area contributed by atoms with Gasteiger partial charge >= 0.3 is 6.03 Å². The van der Waals surface area contributed by atoms with E-state index in [1.165, 1.54) is 19.9 Å². The summed E-state index contributed by atoms with van der Waals surface area (Å²) in [5, 5.41) is 23.3. The SMILES string of the molecule is CN1C(=O)N(c2cc(C3CCCC3)on2)C(O)C1O. The molecule has 2 heterocycles. The summed E-state index contributed by atoms with van der Waals surface area (Å²) in [6.07, 6.45) is 1.90. The first-order chi connectivity index (χ1) is 9.09. The molecule has 2 fully saturated rings. The third kappa shape index (κ3) is 1.89. The van der Waals surface area contributed by atoms with Crippen LogP contribution in [0.3, 0.4) is 0 Å². The molecule has 2 atom stereocenters. The van der Waals surface area contributed by atoms with Gasteiger partial charge in [0.1, 0.15) is 5.76 Å². The van der Waals surface area contributed by atoms with E-state index in [1.807, 2.05) is 0 Å². The van der Waals surface area contributed by atoms with E-state index in [2.05, 4.69) is 5.16 Å². The van der Waals surface area contributed by atoms with E-state index >= 15 is 0 Å². The quantitative estimate of drug-likeness (QED) is 0.828. The van der Waals surface area contributed by atoms with Gasteiger partial charge in [0.15, 0.2) is 18.3 Å². The first-order valence-corrected chi connectivity index (χ1v) is 6.48. The lowest BCUT2D eigenvalue weighted by atomic mass is 10.1. The lowest BCUT2D eigenvalue weighted by Gasteiger charge is -2.15. The predicted molar refractivity (Wildman–Crippen MR) is 65.4 cm³/mol. The van der Waals surface area contributed by atoms with Crippen LogP contribution < -0.4 is 4.90 Å². The molecule has 1 aliphatic carbocycles. The van der Waals surface area contributed by atoms with Gasteiger partial charge < -0.3 is 14.7 Å². The second kappa shape index (κ2) is 4.50. The number of aliphatic hydroxyl groups excluding tert-OH is 2. The second-order valence-electron chi connectivity index (χ2n) is 5.16. The number of urea groups is 1. The molecule has 1 saturated heterocycles. The van der Waals surface area contributed by atoms with Crippen molar-refractivity contribution in [2.24, 2.45) is 0 Å². The number of nitrogens with zero attached hydrogens (tertiary/aromatic N) is 3. The van der Waals surface area contributed by atoms with Crippen LogP contribution in [-0.4, -0.2) is 45.8 Å². The van der Waals surface area contributed by atoms with Crippen molar-refractivity contribution < 1.29 is 19.5 Å². The van der Waals surface area contributed by atoms with Crippen molar-refractivity contribution in [3.63, 3.8) is 0 Å². The topological polar surface area (TPSA) is 90.0 Å². The minimum Gasteiger partial charge on any atom is -0.369 e. The van der Waals surface area contributed by atoms with Gasteiger partial charge in [0, 0.05) is 19.0 Å². The summed E-state index contributed by atoms with van der Waals surface area (Å²) >= 11 is 0. The summed E-state index contributed by atoms with van der Waals surface area (Å²) < 4.78 is 5.27. The van der Waals surface area contributed by atoms with Crippen LogP contribution in [0.25, 0.3) is 0 Å². The van der Waals surface area contributed by atoms with Crippen LogP contribution in [0, 0.1) is 0 Å². The maximum absolute atomic E-state index is 11.9. The Hall–Kier alpha value is -1.60. The number of carbonyl (C=O) groups excluding carboxylic acids is 1. The molecule has 2 N–H and O–H groups in total. The highest BCUT2D eigenvalue weighted by Crippen LogP contribution is 2.36. The van der Waals surface area contributed by atoms with Gasteiger partial charge in [0.2, 0.25) is 0 Å². The molecule has 3 rings (SSSR count). The van der Waals surface area contributed by atoms with Gasteiger partial charge in [-0.15, -0.1) is 0 Å². The molecule has 1 aromatic rings. The third-order valence-electron chi connectivity index (χ3n) is 3.96. The molecular weight excluding hydrogens is 250 g/mol. The van der Waals surface area contributed by atoms with Crippen LogP contribution in [0.2, 0.25) is 0 Å². The number of hydrogen-bond acceptors (Lipinski definition) is 5. The van der Waals surface area contributed by atoms with Gasteiger partial charge in [0.05, 0.1) is 0 Å². The number of aliphatic hydroxyl groups is 2. The number of carbonyl (C=O) groups is 1. The highest BCUT2D eigenvalue weighted by atomic mass is 16.5. The highest BCUT2D eigenvalue weighted by molar-refractivity contribution is 5.93. The molecule has 1 aliphatic heterocycles. The zero-order valence-electron chi connectivity index (χ0n) is 10.7. The van der Waals surface area contributed by atoms with E-state index in [0.29, 0.717) is 5.92 Å². The molecule has 0 bridgehead atoms. The van der Waals surface area contributed by atoms with E-state index in [1.54, 1.807) is 6.07 Å². The van der Waals surface area contributed by atoms with Gasteiger partial charge in [-0.2, -0.15) is 0 Å². The van der Waals surface area contributed by atoms with Crippen molar-refractivity contribution in [2.75, 3.05) is 11.9 Å². The zero-order chi connectivity index (χ0) is 13.6.